The number of ether oxygens (including phenoxy) is 1. The number of halogens is 1. The van der Waals surface area contributed by atoms with Crippen LogP contribution in [0.4, 0.5) is 5.13 Å². The molecule has 0 bridgehead atoms. The van der Waals surface area contributed by atoms with E-state index in [1.165, 1.54) is 0 Å². The number of amides is 1. The zero-order valence-corrected chi connectivity index (χ0v) is 16.2. The smallest absolute Gasteiger partial charge is 0.279 e. The summed E-state index contributed by atoms with van der Waals surface area (Å²) in [5.41, 5.74) is 0.919. The van der Waals surface area contributed by atoms with Crippen LogP contribution in [-0.2, 0) is 0 Å². The van der Waals surface area contributed by atoms with Gasteiger partial charge >= 0.3 is 0 Å². The van der Waals surface area contributed by atoms with Crippen LogP contribution < -0.4 is 10.1 Å². The Morgan fingerprint density at radius 2 is 2.00 bits per heavy atom. The average Bonchev–Trinajstić information content (AvgIpc) is 3.42. The van der Waals surface area contributed by atoms with Crippen molar-refractivity contribution in [3.8, 4) is 28.7 Å². The number of nitrogens with zero attached hydrogens (tertiary/aromatic N) is 3. The van der Waals surface area contributed by atoms with Gasteiger partial charge in [-0.1, -0.05) is 5.16 Å². The summed E-state index contributed by atoms with van der Waals surface area (Å²) in [4.78, 5) is 16.6. The van der Waals surface area contributed by atoms with E-state index in [-0.39, 0.29) is 5.69 Å². The van der Waals surface area contributed by atoms with E-state index in [1.54, 1.807) is 37.4 Å². The zero-order chi connectivity index (χ0) is 18.8. The van der Waals surface area contributed by atoms with E-state index in [2.05, 4.69) is 35.8 Å². The van der Waals surface area contributed by atoms with Crippen LogP contribution in [0.1, 0.15) is 10.5 Å². The first-order valence-corrected chi connectivity index (χ1v) is 9.21. The van der Waals surface area contributed by atoms with Gasteiger partial charge in [0.2, 0.25) is 11.0 Å². The van der Waals surface area contributed by atoms with E-state index in [4.69, 9.17) is 13.7 Å². The summed E-state index contributed by atoms with van der Waals surface area (Å²) in [6.45, 7) is 0. The molecule has 0 spiro atoms. The molecule has 1 aromatic carbocycles. The quantitative estimate of drug-likeness (QED) is 0.481. The lowest BCUT2D eigenvalue weighted by Crippen LogP contribution is -2.11. The van der Waals surface area contributed by atoms with Crippen LogP contribution in [0.15, 0.2) is 56.1 Å². The van der Waals surface area contributed by atoms with Gasteiger partial charge in [0.1, 0.15) is 5.75 Å². The first-order chi connectivity index (χ1) is 13.1. The molecule has 0 radical (unpaired) electrons. The first kappa shape index (κ1) is 17.4. The van der Waals surface area contributed by atoms with Gasteiger partial charge in [-0.15, -0.1) is 0 Å². The van der Waals surface area contributed by atoms with Gasteiger partial charge in [0, 0.05) is 23.2 Å². The molecule has 0 saturated carbocycles. The molecule has 0 aliphatic carbocycles. The van der Waals surface area contributed by atoms with Gasteiger partial charge in [-0.3, -0.25) is 10.1 Å². The lowest BCUT2D eigenvalue weighted by atomic mass is 10.1. The molecule has 0 saturated heterocycles. The highest BCUT2D eigenvalue weighted by Crippen LogP contribution is 2.26. The summed E-state index contributed by atoms with van der Waals surface area (Å²) < 4.78 is 20.5. The molecule has 1 N–H and O–H groups in total. The van der Waals surface area contributed by atoms with Crippen molar-refractivity contribution in [3.63, 3.8) is 0 Å². The van der Waals surface area contributed by atoms with Crippen molar-refractivity contribution >= 4 is 38.5 Å². The molecular weight excluding hydrogens is 436 g/mol. The number of carbonyl (C=O) groups excluding carboxylic acids is 1. The topological polar surface area (TPSA) is 103 Å². The molecule has 27 heavy (non-hydrogen) atoms. The summed E-state index contributed by atoms with van der Waals surface area (Å²) in [5.74, 6) is 1.65. The molecule has 10 heteroatoms. The van der Waals surface area contributed by atoms with Crippen LogP contribution >= 0.6 is 27.5 Å². The van der Waals surface area contributed by atoms with Gasteiger partial charge in [0.25, 0.3) is 5.91 Å². The van der Waals surface area contributed by atoms with Crippen LogP contribution in [-0.4, -0.2) is 27.5 Å². The maximum Gasteiger partial charge on any atom is 0.279 e. The third-order valence-electron chi connectivity index (χ3n) is 3.56. The molecule has 1 amide bonds. The predicted molar refractivity (Wildman–Crippen MR) is 102 cm³/mol. The normalized spacial score (nSPS) is 10.7. The molecule has 0 unspecified atom stereocenters. The number of nitrogens with one attached hydrogen (secondary N) is 1. The number of furan rings is 1. The standard InChI is InChI=1S/C17H11BrN4O4S/c1-24-10-4-2-9(3-5-10)13-8-11(21-26-13)16(23)20-17-19-15(22-27-17)12-6-7-14(18)25-12/h2-8H,1H3,(H,19,20,22,23). The van der Waals surface area contributed by atoms with E-state index >= 15 is 0 Å². The summed E-state index contributed by atoms with van der Waals surface area (Å²) in [7, 11) is 1.59. The van der Waals surface area contributed by atoms with Crippen molar-refractivity contribution in [1.82, 2.24) is 14.5 Å². The number of hydrogen-bond acceptors (Lipinski definition) is 8. The zero-order valence-electron chi connectivity index (χ0n) is 13.8. The second-order valence-corrected chi connectivity index (χ2v) is 6.82. The molecule has 3 heterocycles. The second kappa shape index (κ2) is 7.33. The summed E-state index contributed by atoms with van der Waals surface area (Å²) in [6.07, 6.45) is 0. The minimum Gasteiger partial charge on any atom is -0.497 e. The second-order valence-electron chi connectivity index (χ2n) is 5.29. The van der Waals surface area contributed by atoms with Crippen LogP contribution in [0.5, 0.6) is 5.75 Å². The average molecular weight is 447 g/mol. The summed E-state index contributed by atoms with van der Waals surface area (Å²) >= 11 is 4.27. The van der Waals surface area contributed by atoms with Crippen LogP contribution in [0.2, 0.25) is 0 Å². The van der Waals surface area contributed by atoms with E-state index in [0.29, 0.717) is 27.1 Å². The Hall–Kier alpha value is -2.98. The first-order valence-electron chi connectivity index (χ1n) is 7.64. The summed E-state index contributed by atoms with van der Waals surface area (Å²) in [5, 5.41) is 6.79. The van der Waals surface area contributed by atoms with Crippen LogP contribution in [0.3, 0.4) is 0 Å². The molecule has 3 aromatic heterocycles. The fourth-order valence-electron chi connectivity index (χ4n) is 2.24. The molecule has 4 rings (SSSR count). The molecule has 4 aromatic rings. The predicted octanol–water partition coefficient (Wildman–Crippen LogP) is 4.48. The van der Waals surface area contributed by atoms with Gasteiger partial charge in [0.15, 0.2) is 21.9 Å². The fourth-order valence-corrected chi connectivity index (χ4v) is 3.12. The van der Waals surface area contributed by atoms with E-state index in [0.717, 1.165) is 22.8 Å². The molecule has 0 atom stereocenters. The van der Waals surface area contributed by atoms with Crippen molar-refractivity contribution in [2.45, 2.75) is 0 Å². The van der Waals surface area contributed by atoms with Crippen molar-refractivity contribution in [3.05, 3.63) is 52.8 Å². The number of anilines is 1. The van der Waals surface area contributed by atoms with Gasteiger partial charge in [0.05, 0.1) is 7.11 Å². The van der Waals surface area contributed by atoms with E-state index < -0.39 is 5.91 Å². The lowest BCUT2D eigenvalue weighted by Gasteiger charge is -1.99. The van der Waals surface area contributed by atoms with Gasteiger partial charge in [-0.25, -0.2) is 0 Å². The number of rotatable bonds is 5. The van der Waals surface area contributed by atoms with Crippen LogP contribution in [0.25, 0.3) is 22.9 Å². The number of aromatic nitrogens is 3. The van der Waals surface area contributed by atoms with Crippen molar-refractivity contribution in [1.29, 1.82) is 0 Å². The number of hydrogen-bond donors (Lipinski definition) is 1. The van der Waals surface area contributed by atoms with Crippen molar-refractivity contribution in [2.24, 2.45) is 0 Å². The highest BCUT2D eigenvalue weighted by molar-refractivity contribution is 9.10. The Morgan fingerprint density at radius 3 is 2.70 bits per heavy atom. The third-order valence-corrected chi connectivity index (χ3v) is 4.61. The monoisotopic (exact) mass is 446 g/mol. The molecule has 8 nitrogen and oxygen atoms in total. The molecule has 0 aliphatic rings. The summed E-state index contributed by atoms with van der Waals surface area (Å²) in [6, 6.07) is 12.3. The van der Waals surface area contributed by atoms with E-state index in [1.807, 2.05) is 12.1 Å². The molecule has 0 aliphatic heterocycles. The Labute approximate surface area is 165 Å². The van der Waals surface area contributed by atoms with Crippen LogP contribution in [0, 0.1) is 0 Å². The van der Waals surface area contributed by atoms with Gasteiger partial charge < -0.3 is 13.7 Å². The Kier molecular flexibility index (Phi) is 4.73. The molecular formula is C17H11BrN4O4S. The lowest BCUT2D eigenvalue weighted by molar-refractivity contribution is 0.101. The van der Waals surface area contributed by atoms with Crippen molar-refractivity contribution in [2.75, 3.05) is 12.4 Å². The Bertz CT molecular complexity index is 1090. The fraction of sp³-hybridized carbons (Fsp3) is 0.0588. The maximum absolute atomic E-state index is 12.4. The SMILES string of the molecule is COc1ccc(-c2cc(C(=O)Nc3nc(-c4ccc(Br)o4)ns3)no2)cc1. The minimum atomic E-state index is -0.443. The maximum atomic E-state index is 12.4. The van der Waals surface area contributed by atoms with Crippen molar-refractivity contribution < 1.29 is 18.5 Å². The molecule has 0 fully saturated rings. The minimum absolute atomic E-state index is 0.137. The largest absolute Gasteiger partial charge is 0.497 e. The number of benzene rings is 1. The Balaban J connectivity index is 1.47. The van der Waals surface area contributed by atoms with Gasteiger partial charge in [-0.2, -0.15) is 9.36 Å². The highest BCUT2D eigenvalue weighted by Gasteiger charge is 2.17. The number of carbonyl (C=O) groups is 1. The third kappa shape index (κ3) is 3.76. The van der Waals surface area contributed by atoms with E-state index in [9.17, 15) is 4.79 Å². The number of methoxy groups -OCH3 is 1. The molecule has 136 valence electrons. The highest BCUT2D eigenvalue weighted by atomic mass is 79.9. The van der Waals surface area contributed by atoms with Gasteiger partial charge in [-0.05, 0) is 52.3 Å². The Morgan fingerprint density at radius 1 is 1.19 bits per heavy atom.